The van der Waals surface area contributed by atoms with Crippen LogP contribution < -0.4 is 5.43 Å². The molecule has 150 valence electrons. The Morgan fingerprint density at radius 2 is 1.12 bits per heavy atom. The van der Waals surface area contributed by atoms with Gasteiger partial charge in [0.2, 0.25) is 0 Å². The molecule has 0 radical (unpaired) electrons. The molecular formula is C23H41NO2. The van der Waals surface area contributed by atoms with Crippen molar-refractivity contribution in [2.45, 2.75) is 118 Å². The maximum atomic E-state index is 12.2. The van der Waals surface area contributed by atoms with Gasteiger partial charge in [-0.25, -0.2) is 0 Å². The van der Waals surface area contributed by atoms with Gasteiger partial charge in [0.1, 0.15) is 0 Å². The van der Waals surface area contributed by atoms with Gasteiger partial charge in [-0.3, -0.25) is 4.79 Å². The Balaban J connectivity index is 2.11. The Morgan fingerprint density at radius 3 is 1.58 bits per heavy atom. The second-order valence-corrected chi connectivity index (χ2v) is 7.92. The van der Waals surface area contributed by atoms with Gasteiger partial charge in [-0.05, 0) is 33.6 Å². The van der Waals surface area contributed by atoms with Gasteiger partial charge < -0.3 is 5.21 Å². The Morgan fingerprint density at radius 1 is 0.692 bits per heavy atom. The lowest BCUT2D eigenvalue weighted by atomic mass is 10.0. The zero-order valence-electron chi connectivity index (χ0n) is 17.7. The fourth-order valence-corrected chi connectivity index (χ4v) is 3.70. The van der Waals surface area contributed by atoms with Crippen LogP contribution in [0.5, 0.6) is 0 Å². The van der Waals surface area contributed by atoms with Crippen LogP contribution in [0.1, 0.15) is 113 Å². The number of pyridine rings is 1. The van der Waals surface area contributed by atoms with E-state index in [9.17, 15) is 10.0 Å². The zero-order chi connectivity index (χ0) is 19.4. The van der Waals surface area contributed by atoms with Crippen molar-refractivity contribution in [1.82, 2.24) is 4.73 Å². The van der Waals surface area contributed by atoms with Gasteiger partial charge >= 0.3 is 0 Å². The summed E-state index contributed by atoms with van der Waals surface area (Å²) in [6, 6.07) is 0. The average Bonchev–Trinajstić information content (AvgIpc) is 2.64. The molecule has 0 aliphatic carbocycles. The monoisotopic (exact) mass is 363 g/mol. The number of rotatable bonds is 14. The minimum absolute atomic E-state index is 0.0810. The smallest absolute Gasteiger partial charge is 0.188 e. The summed E-state index contributed by atoms with van der Waals surface area (Å²) >= 11 is 0. The van der Waals surface area contributed by atoms with E-state index in [0.29, 0.717) is 16.8 Å². The van der Waals surface area contributed by atoms with Crippen molar-refractivity contribution >= 4 is 0 Å². The van der Waals surface area contributed by atoms with Crippen molar-refractivity contribution < 1.29 is 5.21 Å². The quantitative estimate of drug-likeness (QED) is 0.297. The molecule has 0 amide bonds. The summed E-state index contributed by atoms with van der Waals surface area (Å²) < 4.78 is 1.23. The molecule has 0 aromatic carbocycles. The molecule has 0 unspecified atom stereocenters. The molecule has 3 nitrogen and oxygen atoms in total. The maximum absolute atomic E-state index is 12.2. The van der Waals surface area contributed by atoms with Gasteiger partial charge in [0.05, 0.1) is 11.4 Å². The second-order valence-electron chi connectivity index (χ2n) is 7.92. The highest BCUT2D eigenvalue weighted by molar-refractivity contribution is 5.29. The molecular weight excluding hydrogens is 322 g/mol. The lowest BCUT2D eigenvalue weighted by Crippen LogP contribution is -2.21. The lowest BCUT2D eigenvalue weighted by molar-refractivity contribution is 0.165. The zero-order valence-corrected chi connectivity index (χ0v) is 17.7. The molecule has 0 spiro atoms. The minimum atomic E-state index is 0.0810. The molecule has 0 atom stereocenters. The molecule has 1 rings (SSSR count). The molecule has 26 heavy (non-hydrogen) atoms. The first-order chi connectivity index (χ1) is 12.5. The van der Waals surface area contributed by atoms with Crippen molar-refractivity contribution in [3.8, 4) is 0 Å². The summed E-state index contributed by atoms with van der Waals surface area (Å²) in [6.45, 7) is 7.69. The SMILES string of the molecule is CCCCCCCCCCCCCCCc1c(C)c(=O)c(C)c(C)n1O. The van der Waals surface area contributed by atoms with Crippen LogP contribution in [0.2, 0.25) is 0 Å². The largest absolute Gasteiger partial charge is 0.428 e. The summed E-state index contributed by atoms with van der Waals surface area (Å²) in [5.74, 6) is 0. The molecule has 0 bridgehead atoms. The van der Waals surface area contributed by atoms with Gasteiger partial charge in [0, 0.05) is 11.1 Å². The summed E-state index contributed by atoms with van der Waals surface area (Å²) in [6.07, 6.45) is 18.1. The topological polar surface area (TPSA) is 42.2 Å². The van der Waals surface area contributed by atoms with Crippen LogP contribution in [0.4, 0.5) is 0 Å². The van der Waals surface area contributed by atoms with E-state index in [2.05, 4.69) is 6.92 Å². The average molecular weight is 364 g/mol. The molecule has 1 heterocycles. The van der Waals surface area contributed by atoms with Crippen LogP contribution in [0.15, 0.2) is 4.79 Å². The van der Waals surface area contributed by atoms with E-state index in [4.69, 9.17) is 0 Å². The maximum Gasteiger partial charge on any atom is 0.188 e. The minimum Gasteiger partial charge on any atom is -0.428 e. The van der Waals surface area contributed by atoms with E-state index < -0.39 is 0 Å². The van der Waals surface area contributed by atoms with Gasteiger partial charge in [-0.2, -0.15) is 4.73 Å². The van der Waals surface area contributed by atoms with Gasteiger partial charge in [-0.1, -0.05) is 84.0 Å². The lowest BCUT2D eigenvalue weighted by Gasteiger charge is -2.15. The van der Waals surface area contributed by atoms with Crippen molar-refractivity contribution in [2.75, 3.05) is 0 Å². The van der Waals surface area contributed by atoms with E-state index in [1.807, 2.05) is 13.8 Å². The standard InChI is InChI=1S/C23H41NO2/c1-5-6-7-8-9-10-11-12-13-14-15-16-17-18-22-20(3)23(25)19(2)21(4)24(22)26/h26H,5-18H2,1-4H3. The highest BCUT2D eigenvalue weighted by Gasteiger charge is 2.13. The summed E-state index contributed by atoms with van der Waals surface area (Å²) in [7, 11) is 0. The van der Waals surface area contributed by atoms with Crippen LogP contribution in [-0.2, 0) is 6.42 Å². The predicted octanol–water partition coefficient (Wildman–Crippen LogP) is 6.64. The number of aromatic nitrogens is 1. The molecule has 1 aromatic rings. The fraction of sp³-hybridized carbons (Fsp3) is 0.783. The third kappa shape index (κ3) is 7.55. The number of hydrogen-bond donors (Lipinski definition) is 1. The highest BCUT2D eigenvalue weighted by atomic mass is 16.5. The Bertz CT molecular complexity index is 575. The third-order valence-corrected chi connectivity index (χ3v) is 5.75. The molecule has 0 fully saturated rings. The van der Waals surface area contributed by atoms with Crippen LogP contribution >= 0.6 is 0 Å². The predicted molar refractivity (Wildman–Crippen MR) is 111 cm³/mol. The molecule has 0 saturated carbocycles. The van der Waals surface area contributed by atoms with E-state index >= 15 is 0 Å². The Kier molecular flexibility index (Phi) is 11.4. The normalized spacial score (nSPS) is 11.2. The molecule has 3 heteroatoms. The number of nitrogens with zero attached hydrogens (tertiary/aromatic N) is 1. The van der Waals surface area contributed by atoms with E-state index in [1.165, 1.54) is 81.8 Å². The van der Waals surface area contributed by atoms with E-state index in [0.717, 1.165) is 18.5 Å². The second kappa shape index (κ2) is 13.0. The van der Waals surface area contributed by atoms with E-state index in [1.54, 1.807) is 6.92 Å². The van der Waals surface area contributed by atoms with Crippen molar-refractivity contribution in [3.63, 3.8) is 0 Å². The molecule has 0 aliphatic rings. The van der Waals surface area contributed by atoms with Crippen molar-refractivity contribution in [2.24, 2.45) is 0 Å². The van der Waals surface area contributed by atoms with Gasteiger partial charge in [0.15, 0.2) is 5.43 Å². The third-order valence-electron chi connectivity index (χ3n) is 5.75. The summed E-state index contributed by atoms with van der Waals surface area (Å²) in [5.41, 5.74) is 2.90. The first kappa shape index (κ1) is 22.8. The Hall–Kier alpha value is -1.25. The van der Waals surface area contributed by atoms with Gasteiger partial charge in [-0.15, -0.1) is 0 Å². The summed E-state index contributed by atoms with van der Waals surface area (Å²) in [4.78, 5) is 12.2. The first-order valence-electron chi connectivity index (χ1n) is 10.9. The molecule has 1 aromatic heterocycles. The number of unbranched alkanes of at least 4 members (excludes halogenated alkanes) is 12. The van der Waals surface area contributed by atoms with Crippen LogP contribution in [-0.4, -0.2) is 9.94 Å². The van der Waals surface area contributed by atoms with E-state index in [-0.39, 0.29) is 5.43 Å². The van der Waals surface area contributed by atoms with Crippen LogP contribution in [0.25, 0.3) is 0 Å². The van der Waals surface area contributed by atoms with Crippen LogP contribution in [0.3, 0.4) is 0 Å². The number of hydrogen-bond acceptors (Lipinski definition) is 2. The fourth-order valence-electron chi connectivity index (χ4n) is 3.70. The van der Waals surface area contributed by atoms with Gasteiger partial charge in [0.25, 0.3) is 0 Å². The molecule has 0 aliphatic heterocycles. The van der Waals surface area contributed by atoms with Crippen molar-refractivity contribution in [1.29, 1.82) is 0 Å². The molecule has 1 N–H and O–H groups in total. The first-order valence-corrected chi connectivity index (χ1v) is 10.9. The highest BCUT2D eigenvalue weighted by Crippen LogP contribution is 2.15. The molecule has 0 saturated heterocycles. The summed E-state index contributed by atoms with van der Waals surface area (Å²) in [5, 5.41) is 10.3. The van der Waals surface area contributed by atoms with Crippen LogP contribution in [0, 0.1) is 20.8 Å². The Labute approximate surface area is 160 Å². The van der Waals surface area contributed by atoms with Crippen molar-refractivity contribution in [3.05, 3.63) is 32.7 Å².